The largest absolute Gasteiger partial charge is 0.325 e. The molecule has 2 amide bonds. The summed E-state index contributed by atoms with van der Waals surface area (Å²) in [7, 11) is 1.83. The second-order valence-corrected chi connectivity index (χ2v) is 5.24. The number of urea groups is 1. The molecule has 5 nitrogen and oxygen atoms in total. The van der Waals surface area contributed by atoms with E-state index in [0.717, 1.165) is 12.8 Å². The normalized spacial score (nSPS) is 15.6. The van der Waals surface area contributed by atoms with E-state index in [4.69, 9.17) is 0 Å². The first-order valence-electron chi connectivity index (χ1n) is 5.12. The van der Waals surface area contributed by atoms with Crippen LogP contribution in [0.15, 0.2) is 5.16 Å². The molecule has 1 fully saturated rings. The van der Waals surface area contributed by atoms with E-state index in [2.05, 4.69) is 14.7 Å². The first kappa shape index (κ1) is 11.7. The molecule has 7 heteroatoms. The summed E-state index contributed by atoms with van der Waals surface area (Å²) >= 11 is 2.69. The summed E-state index contributed by atoms with van der Waals surface area (Å²) in [4.78, 5) is 17.7. The standard InChI is InChI=1S/C9H14N4OS2/c1-13(6-4-3-5-6)9(14)11-7-10-8(15-2)12-16-7/h6H,3-5H2,1-2H3,(H,10,11,12,14). The van der Waals surface area contributed by atoms with Crippen molar-refractivity contribution < 1.29 is 4.79 Å². The average molecular weight is 258 g/mol. The number of hydrogen-bond acceptors (Lipinski definition) is 5. The van der Waals surface area contributed by atoms with Crippen molar-refractivity contribution >= 4 is 34.5 Å². The Bertz CT molecular complexity index is 377. The van der Waals surface area contributed by atoms with E-state index >= 15 is 0 Å². The van der Waals surface area contributed by atoms with Crippen molar-refractivity contribution in [1.82, 2.24) is 14.3 Å². The summed E-state index contributed by atoms with van der Waals surface area (Å²) in [6, 6.07) is 0.307. The lowest BCUT2D eigenvalue weighted by Crippen LogP contribution is -2.43. The summed E-state index contributed by atoms with van der Waals surface area (Å²) < 4.78 is 4.09. The van der Waals surface area contributed by atoms with Crippen LogP contribution in [0, 0.1) is 0 Å². The number of carbonyl (C=O) groups is 1. The van der Waals surface area contributed by atoms with Gasteiger partial charge >= 0.3 is 6.03 Å². The van der Waals surface area contributed by atoms with Crippen LogP contribution in [0.25, 0.3) is 0 Å². The summed E-state index contributed by atoms with van der Waals surface area (Å²) in [5, 5.41) is 4.03. The molecule has 88 valence electrons. The van der Waals surface area contributed by atoms with Crippen LogP contribution in [0.1, 0.15) is 19.3 Å². The highest BCUT2D eigenvalue weighted by molar-refractivity contribution is 7.98. The van der Waals surface area contributed by atoms with Gasteiger partial charge in [-0.1, -0.05) is 11.8 Å². The van der Waals surface area contributed by atoms with Crippen LogP contribution in [0.3, 0.4) is 0 Å². The number of amides is 2. The van der Waals surface area contributed by atoms with E-state index in [0.29, 0.717) is 16.3 Å². The van der Waals surface area contributed by atoms with Gasteiger partial charge in [0, 0.05) is 24.6 Å². The van der Waals surface area contributed by atoms with Gasteiger partial charge in [-0.25, -0.2) is 4.79 Å². The third-order valence-corrected chi connectivity index (χ3v) is 4.04. The molecule has 1 saturated carbocycles. The topological polar surface area (TPSA) is 58.1 Å². The summed E-state index contributed by atoms with van der Waals surface area (Å²) in [5.41, 5.74) is 0. The zero-order chi connectivity index (χ0) is 11.5. The van der Waals surface area contributed by atoms with Crippen LogP contribution in [-0.2, 0) is 0 Å². The van der Waals surface area contributed by atoms with E-state index in [1.54, 1.807) is 4.90 Å². The maximum absolute atomic E-state index is 11.8. The van der Waals surface area contributed by atoms with Crippen LogP contribution < -0.4 is 5.32 Å². The van der Waals surface area contributed by atoms with Crippen LogP contribution >= 0.6 is 23.3 Å². The highest BCUT2D eigenvalue weighted by atomic mass is 32.2. The van der Waals surface area contributed by atoms with Crippen molar-refractivity contribution in [2.75, 3.05) is 18.6 Å². The lowest BCUT2D eigenvalue weighted by atomic mass is 9.92. The number of thioether (sulfide) groups is 1. The Hall–Kier alpha value is -0.820. The van der Waals surface area contributed by atoms with E-state index < -0.39 is 0 Å². The van der Waals surface area contributed by atoms with E-state index in [1.165, 1.54) is 29.7 Å². The molecule has 0 unspecified atom stereocenters. The number of anilines is 1. The Morgan fingerprint density at radius 3 is 2.88 bits per heavy atom. The Morgan fingerprint density at radius 1 is 1.62 bits per heavy atom. The number of rotatable bonds is 3. The molecule has 0 aliphatic heterocycles. The minimum atomic E-state index is -0.0893. The summed E-state index contributed by atoms with van der Waals surface area (Å²) in [6.45, 7) is 0. The minimum absolute atomic E-state index is 0.0893. The fourth-order valence-electron chi connectivity index (χ4n) is 1.46. The fraction of sp³-hybridized carbons (Fsp3) is 0.667. The molecule has 1 aliphatic rings. The van der Waals surface area contributed by atoms with Crippen LogP contribution in [-0.4, -0.2) is 39.6 Å². The molecule has 1 aromatic heterocycles. The summed E-state index contributed by atoms with van der Waals surface area (Å²) in [5.74, 6) is 0. The predicted molar refractivity (Wildman–Crippen MR) is 66.1 cm³/mol. The van der Waals surface area contributed by atoms with Gasteiger partial charge in [-0.15, -0.1) is 0 Å². The first-order valence-corrected chi connectivity index (χ1v) is 7.12. The third kappa shape index (κ3) is 2.46. The smallest absolute Gasteiger partial charge is 0.323 e. The van der Waals surface area contributed by atoms with Crippen LogP contribution in [0.5, 0.6) is 0 Å². The average Bonchev–Trinajstić information content (AvgIpc) is 2.62. The van der Waals surface area contributed by atoms with Gasteiger partial charge in [-0.2, -0.15) is 9.36 Å². The van der Waals surface area contributed by atoms with Crippen molar-refractivity contribution in [2.24, 2.45) is 0 Å². The highest BCUT2D eigenvalue weighted by Gasteiger charge is 2.26. The predicted octanol–water partition coefficient (Wildman–Crippen LogP) is 2.28. The van der Waals surface area contributed by atoms with Crippen LogP contribution in [0.2, 0.25) is 0 Å². The zero-order valence-electron chi connectivity index (χ0n) is 9.27. The molecule has 16 heavy (non-hydrogen) atoms. The van der Waals surface area contributed by atoms with Gasteiger partial charge in [-0.3, -0.25) is 5.32 Å². The molecule has 0 aromatic carbocycles. The highest BCUT2D eigenvalue weighted by Crippen LogP contribution is 2.24. The third-order valence-electron chi connectivity index (χ3n) is 2.75. The molecule has 1 aliphatic carbocycles. The molecular weight excluding hydrogens is 244 g/mol. The number of nitrogens with zero attached hydrogens (tertiary/aromatic N) is 3. The van der Waals surface area contributed by atoms with Crippen LogP contribution in [0.4, 0.5) is 9.93 Å². The Kier molecular flexibility index (Phi) is 3.65. The van der Waals surface area contributed by atoms with Gasteiger partial charge in [0.1, 0.15) is 0 Å². The Balaban J connectivity index is 1.90. The lowest BCUT2D eigenvalue weighted by Gasteiger charge is -2.34. The quantitative estimate of drug-likeness (QED) is 0.845. The molecule has 0 spiro atoms. The van der Waals surface area contributed by atoms with Gasteiger partial charge in [0.2, 0.25) is 10.3 Å². The fourth-order valence-corrected chi connectivity index (χ4v) is 2.58. The van der Waals surface area contributed by atoms with Crippen molar-refractivity contribution in [3.63, 3.8) is 0 Å². The molecule has 0 atom stereocenters. The lowest BCUT2D eigenvalue weighted by molar-refractivity contribution is 0.169. The second-order valence-electron chi connectivity index (χ2n) is 3.71. The van der Waals surface area contributed by atoms with E-state index in [-0.39, 0.29) is 6.03 Å². The van der Waals surface area contributed by atoms with Gasteiger partial charge in [0.05, 0.1) is 0 Å². The molecule has 2 rings (SSSR count). The molecule has 0 radical (unpaired) electrons. The maximum atomic E-state index is 11.8. The molecule has 1 aromatic rings. The second kappa shape index (κ2) is 5.01. The van der Waals surface area contributed by atoms with Crippen molar-refractivity contribution in [3.05, 3.63) is 0 Å². The number of hydrogen-bond donors (Lipinski definition) is 1. The molecule has 0 saturated heterocycles. The SMILES string of the molecule is CSc1nsc(NC(=O)N(C)C2CCC2)n1. The van der Waals surface area contributed by atoms with E-state index in [1.807, 2.05) is 13.3 Å². The summed E-state index contributed by atoms with van der Waals surface area (Å²) in [6.07, 6.45) is 5.35. The number of aromatic nitrogens is 2. The van der Waals surface area contributed by atoms with E-state index in [9.17, 15) is 4.79 Å². The van der Waals surface area contributed by atoms with Crippen molar-refractivity contribution in [1.29, 1.82) is 0 Å². The van der Waals surface area contributed by atoms with Crippen molar-refractivity contribution in [2.45, 2.75) is 30.5 Å². The molecule has 0 bridgehead atoms. The Morgan fingerprint density at radius 2 is 2.38 bits per heavy atom. The molecular formula is C9H14N4OS2. The Labute approximate surface area is 103 Å². The monoisotopic (exact) mass is 258 g/mol. The maximum Gasteiger partial charge on any atom is 0.323 e. The minimum Gasteiger partial charge on any atom is -0.325 e. The molecule has 1 N–H and O–H groups in total. The number of carbonyl (C=O) groups excluding carboxylic acids is 1. The van der Waals surface area contributed by atoms with Crippen molar-refractivity contribution in [3.8, 4) is 0 Å². The van der Waals surface area contributed by atoms with Gasteiger partial charge < -0.3 is 4.90 Å². The first-order chi connectivity index (χ1) is 7.70. The van der Waals surface area contributed by atoms with Gasteiger partial charge in [0.25, 0.3) is 0 Å². The van der Waals surface area contributed by atoms with Gasteiger partial charge in [-0.05, 0) is 25.5 Å². The molecule has 1 heterocycles. The zero-order valence-corrected chi connectivity index (χ0v) is 10.9. The van der Waals surface area contributed by atoms with Gasteiger partial charge in [0.15, 0.2) is 0 Å². The number of nitrogens with one attached hydrogen (secondary N) is 1.